The Bertz CT molecular complexity index is 1130. The van der Waals surface area contributed by atoms with Crippen LogP contribution in [0.2, 0.25) is 0 Å². The van der Waals surface area contributed by atoms with Gasteiger partial charge in [0.1, 0.15) is 24.2 Å². The van der Waals surface area contributed by atoms with E-state index in [4.69, 9.17) is 4.74 Å². The third-order valence-corrected chi connectivity index (χ3v) is 6.08. The number of anilines is 1. The van der Waals surface area contributed by atoms with Crippen LogP contribution >= 0.6 is 0 Å². The number of methoxy groups -OCH3 is 1. The summed E-state index contributed by atoms with van der Waals surface area (Å²) in [5.74, 6) is -1.27. The summed E-state index contributed by atoms with van der Waals surface area (Å²) >= 11 is 0. The van der Waals surface area contributed by atoms with E-state index in [0.29, 0.717) is 15.6 Å². The summed E-state index contributed by atoms with van der Waals surface area (Å²) in [4.78, 5) is 27.6. The van der Waals surface area contributed by atoms with Gasteiger partial charge in [0.05, 0.1) is 19.1 Å². The second kappa shape index (κ2) is 10.9. The van der Waals surface area contributed by atoms with Crippen LogP contribution in [0, 0.1) is 5.82 Å². The predicted molar refractivity (Wildman–Crippen MR) is 129 cm³/mol. The summed E-state index contributed by atoms with van der Waals surface area (Å²) in [6, 6.07) is 11.4. The van der Waals surface area contributed by atoms with E-state index in [1.54, 1.807) is 31.2 Å². The van der Waals surface area contributed by atoms with Crippen LogP contribution in [0.4, 0.5) is 10.1 Å². The number of nitrogens with zero attached hydrogens (tertiary/aromatic N) is 2. The van der Waals surface area contributed by atoms with Crippen LogP contribution in [0.3, 0.4) is 0 Å². The van der Waals surface area contributed by atoms with Gasteiger partial charge in [-0.25, -0.2) is 12.8 Å². The van der Waals surface area contributed by atoms with Crippen LogP contribution < -0.4 is 14.4 Å². The zero-order chi connectivity index (χ0) is 25.7. The number of nitrogens with one attached hydrogen (secondary N) is 1. The molecule has 0 saturated carbocycles. The van der Waals surface area contributed by atoms with Crippen molar-refractivity contribution >= 4 is 27.5 Å². The first-order valence-electron chi connectivity index (χ1n) is 10.7. The van der Waals surface area contributed by atoms with Gasteiger partial charge in [0.15, 0.2) is 0 Å². The number of carbonyl (C=O) groups is 2. The third-order valence-electron chi connectivity index (χ3n) is 4.95. The van der Waals surface area contributed by atoms with Crippen molar-refractivity contribution in [2.75, 3.05) is 24.2 Å². The Labute approximate surface area is 200 Å². The number of halogens is 1. The monoisotopic (exact) mass is 493 g/mol. The highest BCUT2D eigenvalue weighted by Gasteiger charge is 2.32. The van der Waals surface area contributed by atoms with E-state index in [9.17, 15) is 22.4 Å². The van der Waals surface area contributed by atoms with E-state index in [2.05, 4.69) is 5.32 Å². The molecule has 0 aromatic heterocycles. The summed E-state index contributed by atoms with van der Waals surface area (Å²) in [6.45, 7) is 6.35. The van der Waals surface area contributed by atoms with Crippen LogP contribution in [-0.2, 0) is 26.2 Å². The lowest BCUT2D eigenvalue weighted by Crippen LogP contribution is -2.54. The number of carbonyl (C=O) groups excluding carboxylic acids is 2. The molecule has 0 saturated heterocycles. The fourth-order valence-corrected chi connectivity index (χ4v) is 4.12. The predicted octanol–water partition coefficient (Wildman–Crippen LogP) is 2.93. The molecule has 0 radical (unpaired) electrons. The molecule has 0 bridgehead atoms. The molecule has 1 atom stereocenters. The van der Waals surface area contributed by atoms with Crippen molar-refractivity contribution in [2.45, 2.75) is 45.8 Å². The van der Waals surface area contributed by atoms with E-state index >= 15 is 0 Å². The maximum atomic E-state index is 14.4. The molecule has 2 amide bonds. The minimum Gasteiger partial charge on any atom is -0.497 e. The number of ether oxygens (including phenoxy) is 1. The maximum Gasteiger partial charge on any atom is 0.244 e. The van der Waals surface area contributed by atoms with Gasteiger partial charge in [-0.2, -0.15) is 0 Å². The molecule has 8 nitrogen and oxygen atoms in total. The van der Waals surface area contributed by atoms with Crippen LogP contribution in [-0.4, -0.2) is 56.6 Å². The molecule has 0 heterocycles. The molecule has 0 aliphatic heterocycles. The summed E-state index contributed by atoms with van der Waals surface area (Å²) in [5.41, 5.74) is -0.103. The van der Waals surface area contributed by atoms with Gasteiger partial charge >= 0.3 is 0 Å². The van der Waals surface area contributed by atoms with Crippen LogP contribution in [0.25, 0.3) is 0 Å². The SMILES string of the molecule is COc1cccc(CN(C(=O)CN(c2ccccc2F)S(C)(=O)=O)[C@@H](C)C(=O)NC(C)(C)C)c1. The van der Waals surface area contributed by atoms with Gasteiger partial charge in [-0.05, 0) is 57.5 Å². The highest BCUT2D eigenvalue weighted by molar-refractivity contribution is 7.92. The van der Waals surface area contributed by atoms with E-state index in [0.717, 1.165) is 12.3 Å². The lowest BCUT2D eigenvalue weighted by Gasteiger charge is -2.33. The summed E-state index contributed by atoms with van der Waals surface area (Å²) in [6.07, 6.45) is 0.898. The fourth-order valence-electron chi connectivity index (χ4n) is 3.27. The van der Waals surface area contributed by atoms with Crippen molar-refractivity contribution in [3.8, 4) is 5.75 Å². The number of rotatable bonds is 9. The van der Waals surface area contributed by atoms with E-state index in [1.165, 1.54) is 30.2 Å². The Balaban J connectivity index is 2.43. The molecule has 0 unspecified atom stereocenters. The minimum atomic E-state index is -4.00. The Kier molecular flexibility index (Phi) is 8.66. The highest BCUT2D eigenvalue weighted by atomic mass is 32.2. The Hall–Kier alpha value is -3.14. The van der Waals surface area contributed by atoms with Crippen molar-refractivity contribution in [1.29, 1.82) is 0 Å². The number of para-hydroxylation sites is 1. The second-order valence-corrected chi connectivity index (χ2v) is 10.9. The van der Waals surface area contributed by atoms with Crippen LogP contribution in [0.15, 0.2) is 48.5 Å². The summed E-state index contributed by atoms with van der Waals surface area (Å²) < 4.78 is 45.3. The molecule has 34 heavy (non-hydrogen) atoms. The van der Waals surface area contributed by atoms with Crippen molar-refractivity contribution in [3.63, 3.8) is 0 Å². The van der Waals surface area contributed by atoms with E-state index in [-0.39, 0.29) is 12.2 Å². The van der Waals surface area contributed by atoms with Gasteiger partial charge in [-0.1, -0.05) is 24.3 Å². The zero-order valence-corrected chi connectivity index (χ0v) is 21.1. The fraction of sp³-hybridized carbons (Fsp3) is 0.417. The molecule has 2 aromatic rings. The average molecular weight is 494 g/mol. The quantitative estimate of drug-likeness (QED) is 0.580. The first-order chi connectivity index (χ1) is 15.7. The van der Waals surface area contributed by atoms with E-state index in [1.807, 2.05) is 20.8 Å². The first kappa shape index (κ1) is 27.1. The van der Waals surface area contributed by atoms with Crippen molar-refractivity contribution in [2.24, 2.45) is 0 Å². The van der Waals surface area contributed by atoms with Gasteiger partial charge in [0, 0.05) is 12.1 Å². The van der Waals surface area contributed by atoms with Gasteiger partial charge in [0.2, 0.25) is 21.8 Å². The Morgan fingerprint density at radius 2 is 1.76 bits per heavy atom. The number of hydrogen-bond donors (Lipinski definition) is 1. The minimum absolute atomic E-state index is 0.0175. The Morgan fingerprint density at radius 1 is 1.12 bits per heavy atom. The maximum absolute atomic E-state index is 14.4. The van der Waals surface area contributed by atoms with E-state index < -0.39 is 45.8 Å². The van der Waals surface area contributed by atoms with Crippen molar-refractivity contribution < 1.29 is 27.1 Å². The molecule has 0 aliphatic rings. The molecule has 186 valence electrons. The largest absolute Gasteiger partial charge is 0.497 e. The third kappa shape index (κ3) is 7.44. The lowest BCUT2D eigenvalue weighted by molar-refractivity contribution is -0.140. The van der Waals surface area contributed by atoms with Crippen molar-refractivity contribution in [1.82, 2.24) is 10.2 Å². The molecule has 2 aromatic carbocycles. The van der Waals surface area contributed by atoms with Gasteiger partial charge in [-0.15, -0.1) is 0 Å². The number of benzene rings is 2. The molecule has 1 N–H and O–H groups in total. The number of hydrogen-bond acceptors (Lipinski definition) is 5. The Morgan fingerprint density at radius 3 is 2.32 bits per heavy atom. The highest BCUT2D eigenvalue weighted by Crippen LogP contribution is 2.23. The zero-order valence-electron chi connectivity index (χ0n) is 20.3. The number of amides is 2. The smallest absolute Gasteiger partial charge is 0.244 e. The summed E-state index contributed by atoms with van der Waals surface area (Å²) in [7, 11) is -2.49. The second-order valence-electron chi connectivity index (χ2n) is 9.01. The lowest BCUT2D eigenvalue weighted by atomic mass is 10.1. The van der Waals surface area contributed by atoms with Crippen LogP contribution in [0.5, 0.6) is 5.75 Å². The molecular formula is C24H32FN3O5S. The van der Waals surface area contributed by atoms with Gasteiger partial charge in [0.25, 0.3) is 0 Å². The van der Waals surface area contributed by atoms with Crippen molar-refractivity contribution in [3.05, 3.63) is 59.9 Å². The van der Waals surface area contributed by atoms with Gasteiger partial charge < -0.3 is 15.0 Å². The van der Waals surface area contributed by atoms with Crippen LogP contribution in [0.1, 0.15) is 33.3 Å². The topological polar surface area (TPSA) is 96.0 Å². The normalized spacial score (nSPS) is 12.6. The van der Waals surface area contributed by atoms with Gasteiger partial charge in [-0.3, -0.25) is 13.9 Å². The first-order valence-corrected chi connectivity index (χ1v) is 12.5. The number of sulfonamides is 1. The summed E-state index contributed by atoms with van der Waals surface area (Å²) in [5, 5.41) is 2.84. The average Bonchev–Trinajstić information content (AvgIpc) is 2.74. The molecule has 0 spiro atoms. The molecule has 2 rings (SSSR count). The standard InChI is InChI=1S/C24H32FN3O5S/c1-17(23(30)26-24(2,3)4)27(15-18-10-9-11-19(14-18)33-5)22(29)16-28(34(6,31)32)21-13-8-7-12-20(21)25/h7-14,17H,15-16H2,1-6H3,(H,26,30)/t17-/m0/s1. The molecular weight excluding hydrogens is 461 g/mol. The molecule has 0 fully saturated rings. The molecule has 0 aliphatic carbocycles. The molecule has 10 heteroatoms.